The number of pyridine rings is 1. The third kappa shape index (κ3) is 2.66. The van der Waals surface area contributed by atoms with Gasteiger partial charge >= 0.3 is 0 Å². The van der Waals surface area contributed by atoms with Crippen molar-refractivity contribution in [2.75, 3.05) is 17.6 Å². The smallest absolute Gasteiger partial charge is 0.146 e. The van der Waals surface area contributed by atoms with Crippen LogP contribution in [0.1, 0.15) is 5.69 Å². The summed E-state index contributed by atoms with van der Waals surface area (Å²) in [6.45, 7) is 0.819. The van der Waals surface area contributed by atoms with Gasteiger partial charge in [0.15, 0.2) is 0 Å². The number of hydrogen-bond donors (Lipinski definition) is 2. The molecule has 0 saturated carbocycles. The number of nitrogens with two attached hydrogens (primary N) is 1. The molecule has 3 N–H and O–H groups in total. The zero-order chi connectivity index (χ0) is 10.5. The SMILES string of the molecule is Nc1ncccc1NCCc1cscn1. The summed E-state index contributed by atoms with van der Waals surface area (Å²) in [5.74, 6) is 0.538. The Labute approximate surface area is 92.2 Å². The lowest BCUT2D eigenvalue weighted by Crippen LogP contribution is -2.07. The summed E-state index contributed by atoms with van der Waals surface area (Å²) in [4.78, 5) is 8.20. The van der Waals surface area contributed by atoms with Gasteiger partial charge < -0.3 is 11.1 Å². The van der Waals surface area contributed by atoms with E-state index in [4.69, 9.17) is 5.73 Å². The van der Waals surface area contributed by atoms with E-state index in [0.29, 0.717) is 5.82 Å². The largest absolute Gasteiger partial charge is 0.382 e. The van der Waals surface area contributed by atoms with Crippen molar-refractivity contribution in [3.8, 4) is 0 Å². The second-order valence-corrected chi connectivity index (χ2v) is 3.81. The third-order valence-electron chi connectivity index (χ3n) is 2.02. The Bertz CT molecular complexity index is 413. The van der Waals surface area contributed by atoms with Crippen LogP contribution in [0.4, 0.5) is 11.5 Å². The molecule has 0 fully saturated rings. The van der Waals surface area contributed by atoms with E-state index in [0.717, 1.165) is 24.3 Å². The number of nitrogens with zero attached hydrogens (tertiary/aromatic N) is 2. The predicted molar refractivity (Wildman–Crippen MR) is 63.0 cm³/mol. The fourth-order valence-corrected chi connectivity index (χ4v) is 1.85. The summed E-state index contributed by atoms with van der Waals surface area (Å²) in [5.41, 5.74) is 9.52. The Morgan fingerprint density at radius 3 is 3.07 bits per heavy atom. The molecular formula is C10H12N4S. The Balaban J connectivity index is 1.86. The number of nitrogens with one attached hydrogen (secondary N) is 1. The van der Waals surface area contributed by atoms with Gasteiger partial charge in [-0.05, 0) is 12.1 Å². The van der Waals surface area contributed by atoms with Crippen molar-refractivity contribution in [1.29, 1.82) is 0 Å². The van der Waals surface area contributed by atoms with Crippen molar-refractivity contribution in [3.05, 3.63) is 34.9 Å². The summed E-state index contributed by atoms with van der Waals surface area (Å²) < 4.78 is 0. The van der Waals surface area contributed by atoms with Crippen molar-refractivity contribution in [2.45, 2.75) is 6.42 Å². The molecule has 0 radical (unpaired) electrons. The van der Waals surface area contributed by atoms with Gasteiger partial charge in [-0.15, -0.1) is 11.3 Å². The summed E-state index contributed by atoms with van der Waals surface area (Å²) in [6, 6.07) is 3.78. The summed E-state index contributed by atoms with van der Waals surface area (Å²) >= 11 is 1.61. The first-order valence-corrected chi connectivity index (χ1v) is 5.62. The molecule has 2 aromatic heterocycles. The first-order chi connectivity index (χ1) is 7.36. The van der Waals surface area contributed by atoms with Crippen LogP contribution >= 0.6 is 11.3 Å². The average molecular weight is 220 g/mol. The summed E-state index contributed by atoms with van der Waals surface area (Å²) in [6.07, 6.45) is 2.58. The molecule has 0 aliphatic carbocycles. The summed E-state index contributed by atoms with van der Waals surface area (Å²) in [7, 11) is 0. The van der Waals surface area contributed by atoms with Gasteiger partial charge in [0.2, 0.25) is 0 Å². The van der Waals surface area contributed by atoms with Crippen LogP contribution in [0.25, 0.3) is 0 Å². The van der Waals surface area contributed by atoms with Crippen molar-refractivity contribution < 1.29 is 0 Å². The lowest BCUT2D eigenvalue weighted by atomic mass is 10.3. The molecule has 0 saturated heterocycles. The molecule has 2 aromatic rings. The molecule has 78 valence electrons. The highest BCUT2D eigenvalue weighted by Crippen LogP contribution is 2.13. The normalized spacial score (nSPS) is 10.1. The lowest BCUT2D eigenvalue weighted by molar-refractivity contribution is 0.976. The highest BCUT2D eigenvalue weighted by molar-refractivity contribution is 7.07. The van der Waals surface area contributed by atoms with Crippen LogP contribution in [0, 0.1) is 0 Å². The van der Waals surface area contributed by atoms with E-state index >= 15 is 0 Å². The van der Waals surface area contributed by atoms with E-state index in [-0.39, 0.29) is 0 Å². The van der Waals surface area contributed by atoms with E-state index in [1.165, 1.54) is 0 Å². The van der Waals surface area contributed by atoms with Crippen LogP contribution in [0.2, 0.25) is 0 Å². The topological polar surface area (TPSA) is 63.8 Å². The maximum absolute atomic E-state index is 5.69. The molecule has 0 aliphatic rings. The minimum Gasteiger partial charge on any atom is -0.382 e. The standard InChI is InChI=1S/C10H12N4S/c11-10-9(2-1-4-13-10)12-5-3-8-6-15-7-14-8/h1-2,4,6-7,12H,3,5H2,(H2,11,13). The molecule has 0 atom stereocenters. The Kier molecular flexibility index (Phi) is 3.14. The van der Waals surface area contributed by atoms with Gasteiger partial charge in [0.25, 0.3) is 0 Å². The van der Waals surface area contributed by atoms with E-state index in [1.54, 1.807) is 17.5 Å². The second kappa shape index (κ2) is 4.75. The van der Waals surface area contributed by atoms with Crippen LogP contribution in [-0.2, 0) is 6.42 Å². The number of hydrogen-bond acceptors (Lipinski definition) is 5. The van der Waals surface area contributed by atoms with Crippen molar-refractivity contribution in [2.24, 2.45) is 0 Å². The molecule has 0 unspecified atom stereocenters. The van der Waals surface area contributed by atoms with Gasteiger partial charge in [-0.2, -0.15) is 0 Å². The van der Waals surface area contributed by atoms with Crippen molar-refractivity contribution in [3.63, 3.8) is 0 Å². The predicted octanol–water partition coefficient (Wildman–Crippen LogP) is 1.77. The number of rotatable bonds is 4. The third-order valence-corrected chi connectivity index (χ3v) is 2.65. The molecule has 0 spiro atoms. The molecule has 15 heavy (non-hydrogen) atoms. The average Bonchev–Trinajstić information content (AvgIpc) is 2.74. The number of thiazole rings is 1. The molecule has 0 aliphatic heterocycles. The van der Waals surface area contributed by atoms with Gasteiger partial charge in [0.1, 0.15) is 5.82 Å². The monoisotopic (exact) mass is 220 g/mol. The molecule has 2 rings (SSSR count). The first-order valence-electron chi connectivity index (χ1n) is 4.67. The second-order valence-electron chi connectivity index (χ2n) is 3.09. The Morgan fingerprint density at radius 2 is 2.33 bits per heavy atom. The van der Waals surface area contributed by atoms with Gasteiger partial charge in [0.05, 0.1) is 16.9 Å². The Hall–Kier alpha value is -1.62. The highest BCUT2D eigenvalue weighted by Gasteiger charge is 1.98. The molecule has 0 amide bonds. The van der Waals surface area contributed by atoms with E-state index in [1.807, 2.05) is 23.0 Å². The van der Waals surface area contributed by atoms with Gasteiger partial charge in [-0.3, -0.25) is 0 Å². The highest BCUT2D eigenvalue weighted by atomic mass is 32.1. The first kappa shape index (κ1) is 9.92. The zero-order valence-electron chi connectivity index (χ0n) is 8.18. The van der Waals surface area contributed by atoms with E-state index < -0.39 is 0 Å². The fourth-order valence-electron chi connectivity index (χ4n) is 1.25. The number of nitrogen functional groups attached to an aromatic ring is 1. The maximum Gasteiger partial charge on any atom is 0.146 e. The Morgan fingerprint density at radius 1 is 1.40 bits per heavy atom. The molecular weight excluding hydrogens is 208 g/mol. The minimum atomic E-state index is 0.538. The minimum absolute atomic E-state index is 0.538. The van der Waals surface area contributed by atoms with Crippen LogP contribution < -0.4 is 11.1 Å². The number of anilines is 2. The zero-order valence-corrected chi connectivity index (χ0v) is 9.00. The molecule has 0 aromatic carbocycles. The molecule has 0 bridgehead atoms. The molecule has 5 heteroatoms. The quantitative estimate of drug-likeness (QED) is 0.824. The van der Waals surface area contributed by atoms with Crippen LogP contribution in [0.15, 0.2) is 29.2 Å². The van der Waals surface area contributed by atoms with E-state index in [2.05, 4.69) is 15.3 Å². The van der Waals surface area contributed by atoms with Crippen LogP contribution in [0.5, 0.6) is 0 Å². The summed E-state index contributed by atoms with van der Waals surface area (Å²) in [5, 5.41) is 5.28. The molecule has 2 heterocycles. The van der Waals surface area contributed by atoms with Crippen LogP contribution in [-0.4, -0.2) is 16.5 Å². The van der Waals surface area contributed by atoms with Gasteiger partial charge in [-0.1, -0.05) is 0 Å². The van der Waals surface area contributed by atoms with Crippen molar-refractivity contribution >= 4 is 22.8 Å². The molecule has 4 nitrogen and oxygen atoms in total. The maximum atomic E-state index is 5.69. The van der Waals surface area contributed by atoms with E-state index in [9.17, 15) is 0 Å². The van der Waals surface area contributed by atoms with Gasteiger partial charge in [-0.25, -0.2) is 9.97 Å². The van der Waals surface area contributed by atoms with Gasteiger partial charge in [0, 0.05) is 24.5 Å². The van der Waals surface area contributed by atoms with Crippen molar-refractivity contribution in [1.82, 2.24) is 9.97 Å². The lowest BCUT2D eigenvalue weighted by Gasteiger charge is -2.06. The van der Waals surface area contributed by atoms with Crippen LogP contribution in [0.3, 0.4) is 0 Å². The number of aromatic nitrogens is 2. The fraction of sp³-hybridized carbons (Fsp3) is 0.200.